The summed E-state index contributed by atoms with van der Waals surface area (Å²) < 4.78 is 12.2. The molecule has 0 amide bonds. The van der Waals surface area contributed by atoms with Crippen LogP contribution in [0.5, 0.6) is 23.0 Å². The highest BCUT2D eigenvalue weighted by atomic mass is 16.5. The van der Waals surface area contributed by atoms with E-state index in [0.29, 0.717) is 12.1 Å². The molecule has 5 nitrogen and oxygen atoms in total. The summed E-state index contributed by atoms with van der Waals surface area (Å²) in [6.07, 6.45) is 1.94. The van der Waals surface area contributed by atoms with Crippen molar-refractivity contribution in [1.29, 1.82) is 0 Å². The maximum atomic E-state index is 10.4. The predicted molar refractivity (Wildman–Crippen MR) is 83.9 cm³/mol. The SMILES string of the molecule is COc1c(O)cc(Cn2ccc3ccccc32)c(O)c1OC. The average Bonchev–Trinajstić information content (AvgIpc) is 2.93. The Labute approximate surface area is 127 Å². The largest absolute Gasteiger partial charge is 0.504 e. The standard InChI is InChI=1S/C17H17NO4/c1-21-16-14(19)9-12(15(20)17(16)22-2)10-18-8-7-11-5-3-4-6-13(11)18/h3-9,19-20H,10H2,1-2H3. The molecule has 3 aromatic rings. The summed E-state index contributed by atoms with van der Waals surface area (Å²) in [7, 11) is 2.84. The highest BCUT2D eigenvalue weighted by molar-refractivity contribution is 5.80. The number of aromatic hydroxyl groups is 2. The lowest BCUT2D eigenvalue weighted by molar-refractivity contribution is 0.314. The molecule has 5 heteroatoms. The van der Waals surface area contributed by atoms with Crippen LogP contribution in [0.4, 0.5) is 0 Å². The molecule has 0 saturated carbocycles. The number of benzene rings is 2. The summed E-state index contributed by atoms with van der Waals surface area (Å²) in [5, 5.41) is 21.5. The third-order valence-corrected chi connectivity index (χ3v) is 3.70. The van der Waals surface area contributed by atoms with Crippen LogP contribution in [0.15, 0.2) is 42.6 Å². The Hall–Kier alpha value is -2.82. The molecular formula is C17H17NO4. The molecule has 3 rings (SSSR count). The average molecular weight is 299 g/mol. The third-order valence-electron chi connectivity index (χ3n) is 3.70. The van der Waals surface area contributed by atoms with Gasteiger partial charge in [-0.15, -0.1) is 0 Å². The zero-order valence-corrected chi connectivity index (χ0v) is 12.4. The zero-order chi connectivity index (χ0) is 15.7. The van der Waals surface area contributed by atoms with Gasteiger partial charge in [0, 0.05) is 17.3 Å². The summed E-state index contributed by atoms with van der Waals surface area (Å²) in [6, 6.07) is 11.5. The van der Waals surface area contributed by atoms with E-state index in [1.54, 1.807) is 0 Å². The van der Waals surface area contributed by atoms with Crippen molar-refractivity contribution in [2.24, 2.45) is 0 Å². The van der Waals surface area contributed by atoms with E-state index >= 15 is 0 Å². The van der Waals surface area contributed by atoms with Gasteiger partial charge in [-0.1, -0.05) is 18.2 Å². The number of nitrogens with zero attached hydrogens (tertiary/aromatic N) is 1. The Balaban J connectivity index is 2.07. The van der Waals surface area contributed by atoms with Crippen molar-refractivity contribution in [3.63, 3.8) is 0 Å². The molecule has 0 saturated heterocycles. The molecule has 0 radical (unpaired) electrons. The molecular weight excluding hydrogens is 282 g/mol. The quantitative estimate of drug-likeness (QED) is 0.727. The Morgan fingerprint density at radius 3 is 2.45 bits per heavy atom. The van der Waals surface area contributed by atoms with Gasteiger partial charge in [0.05, 0.1) is 20.8 Å². The molecule has 0 aliphatic heterocycles. The van der Waals surface area contributed by atoms with Crippen LogP contribution in [0.1, 0.15) is 5.56 Å². The van der Waals surface area contributed by atoms with Gasteiger partial charge in [0.2, 0.25) is 11.5 Å². The first-order valence-electron chi connectivity index (χ1n) is 6.85. The first-order chi connectivity index (χ1) is 10.7. The van der Waals surface area contributed by atoms with Crippen LogP contribution in [-0.4, -0.2) is 29.0 Å². The first kappa shape index (κ1) is 14.1. The lowest BCUT2D eigenvalue weighted by Gasteiger charge is -2.15. The van der Waals surface area contributed by atoms with E-state index in [9.17, 15) is 10.2 Å². The maximum absolute atomic E-state index is 10.4. The van der Waals surface area contributed by atoms with E-state index in [4.69, 9.17) is 9.47 Å². The topological polar surface area (TPSA) is 63.9 Å². The molecule has 1 heterocycles. The van der Waals surface area contributed by atoms with E-state index in [2.05, 4.69) is 0 Å². The number of fused-ring (bicyclic) bond motifs is 1. The maximum Gasteiger partial charge on any atom is 0.207 e. The number of phenols is 2. The minimum atomic E-state index is -0.0661. The lowest BCUT2D eigenvalue weighted by Crippen LogP contribution is -2.00. The summed E-state index contributed by atoms with van der Waals surface area (Å²) in [4.78, 5) is 0. The fourth-order valence-corrected chi connectivity index (χ4v) is 2.64. The van der Waals surface area contributed by atoms with Crippen LogP contribution in [0.2, 0.25) is 0 Å². The number of rotatable bonds is 4. The number of hydrogen-bond donors (Lipinski definition) is 2. The minimum absolute atomic E-state index is 0.0325. The smallest absolute Gasteiger partial charge is 0.207 e. The van der Waals surface area contributed by atoms with Gasteiger partial charge in [0.1, 0.15) is 0 Å². The molecule has 0 unspecified atom stereocenters. The number of methoxy groups -OCH3 is 2. The Morgan fingerprint density at radius 2 is 1.73 bits per heavy atom. The summed E-state index contributed by atoms with van der Waals surface area (Å²) in [5.41, 5.74) is 1.60. The molecule has 2 N–H and O–H groups in total. The monoisotopic (exact) mass is 299 g/mol. The van der Waals surface area contributed by atoms with E-state index in [1.807, 2.05) is 41.1 Å². The van der Waals surface area contributed by atoms with E-state index in [-0.39, 0.29) is 23.0 Å². The molecule has 0 spiro atoms. The fraction of sp³-hybridized carbons (Fsp3) is 0.176. The molecule has 2 aromatic carbocycles. The molecule has 22 heavy (non-hydrogen) atoms. The summed E-state index contributed by atoms with van der Waals surface area (Å²) in [5.74, 6) is 0.161. The molecule has 114 valence electrons. The van der Waals surface area contributed by atoms with Crippen LogP contribution < -0.4 is 9.47 Å². The predicted octanol–water partition coefficient (Wildman–Crippen LogP) is 3.12. The lowest BCUT2D eigenvalue weighted by atomic mass is 10.1. The van der Waals surface area contributed by atoms with Crippen LogP contribution in [0, 0.1) is 0 Å². The second kappa shape index (κ2) is 5.52. The molecule has 0 atom stereocenters. The fourth-order valence-electron chi connectivity index (χ4n) is 2.64. The zero-order valence-electron chi connectivity index (χ0n) is 12.4. The van der Waals surface area contributed by atoms with Gasteiger partial charge in [-0.2, -0.15) is 0 Å². The van der Waals surface area contributed by atoms with Crippen molar-refractivity contribution in [1.82, 2.24) is 4.57 Å². The number of para-hydroxylation sites is 1. The number of aromatic nitrogens is 1. The highest BCUT2D eigenvalue weighted by Gasteiger charge is 2.19. The van der Waals surface area contributed by atoms with Crippen molar-refractivity contribution in [3.8, 4) is 23.0 Å². The van der Waals surface area contributed by atoms with E-state index in [1.165, 1.54) is 20.3 Å². The van der Waals surface area contributed by atoms with Crippen LogP contribution >= 0.6 is 0 Å². The van der Waals surface area contributed by atoms with Gasteiger partial charge in [0.25, 0.3) is 0 Å². The molecule has 0 aliphatic rings. The number of phenolic OH excluding ortho intramolecular Hbond substituents is 2. The van der Waals surface area contributed by atoms with E-state index in [0.717, 1.165) is 10.9 Å². The minimum Gasteiger partial charge on any atom is -0.504 e. The number of ether oxygens (including phenoxy) is 2. The van der Waals surface area contributed by atoms with Gasteiger partial charge in [-0.3, -0.25) is 0 Å². The van der Waals surface area contributed by atoms with Crippen LogP contribution in [-0.2, 0) is 6.54 Å². The molecule has 0 aliphatic carbocycles. The van der Waals surface area contributed by atoms with Crippen molar-refractivity contribution in [2.45, 2.75) is 6.54 Å². The van der Waals surface area contributed by atoms with Crippen molar-refractivity contribution in [3.05, 3.63) is 48.2 Å². The van der Waals surface area contributed by atoms with Gasteiger partial charge in [-0.25, -0.2) is 0 Å². The summed E-state index contributed by atoms with van der Waals surface area (Å²) >= 11 is 0. The van der Waals surface area contributed by atoms with Crippen LogP contribution in [0.25, 0.3) is 10.9 Å². The van der Waals surface area contributed by atoms with Crippen molar-refractivity contribution < 1.29 is 19.7 Å². The van der Waals surface area contributed by atoms with Gasteiger partial charge < -0.3 is 24.3 Å². The third kappa shape index (κ3) is 2.20. The van der Waals surface area contributed by atoms with Gasteiger partial charge in [-0.05, 0) is 23.6 Å². The second-order valence-corrected chi connectivity index (χ2v) is 4.97. The van der Waals surface area contributed by atoms with Crippen molar-refractivity contribution >= 4 is 10.9 Å². The molecule has 1 aromatic heterocycles. The number of hydrogen-bond acceptors (Lipinski definition) is 4. The van der Waals surface area contributed by atoms with E-state index < -0.39 is 0 Å². The van der Waals surface area contributed by atoms with Gasteiger partial charge in [0.15, 0.2) is 11.5 Å². The molecule has 0 bridgehead atoms. The molecule has 0 fully saturated rings. The Bertz CT molecular complexity index is 823. The summed E-state index contributed by atoms with van der Waals surface area (Å²) in [6.45, 7) is 0.410. The second-order valence-electron chi connectivity index (χ2n) is 4.97. The normalized spacial score (nSPS) is 10.8. The Morgan fingerprint density at radius 1 is 1.00 bits per heavy atom. The first-order valence-corrected chi connectivity index (χ1v) is 6.85. The Kier molecular flexibility index (Phi) is 3.55. The highest BCUT2D eigenvalue weighted by Crippen LogP contribution is 2.45. The van der Waals surface area contributed by atoms with Crippen molar-refractivity contribution in [2.75, 3.05) is 14.2 Å². The van der Waals surface area contributed by atoms with Gasteiger partial charge >= 0.3 is 0 Å². The van der Waals surface area contributed by atoms with Crippen LogP contribution in [0.3, 0.4) is 0 Å².